The maximum atomic E-state index is 10.3. The minimum Gasteiger partial charge on any atom is -0.414 e. The summed E-state index contributed by atoms with van der Waals surface area (Å²) in [6, 6.07) is 0. The summed E-state index contributed by atoms with van der Waals surface area (Å²) in [5.74, 6) is 0.332. The predicted molar refractivity (Wildman–Crippen MR) is 144 cm³/mol. The van der Waals surface area contributed by atoms with Gasteiger partial charge < -0.3 is 23.8 Å². The zero-order chi connectivity index (χ0) is 25.8. The second-order valence-corrected chi connectivity index (χ2v) is 22.8. The highest BCUT2D eigenvalue weighted by molar-refractivity contribution is 6.74. The van der Waals surface area contributed by atoms with E-state index >= 15 is 0 Å². The first kappa shape index (κ1) is 31.3. The van der Waals surface area contributed by atoms with Crippen molar-refractivity contribution in [1.82, 2.24) is 0 Å². The molecule has 5 nitrogen and oxygen atoms in total. The van der Waals surface area contributed by atoms with Crippen molar-refractivity contribution in [2.45, 2.75) is 142 Å². The topological polar surface area (TPSA) is 68.2 Å². The molecular formula is C26H56O5Si2. The zero-order valence-electron chi connectivity index (χ0n) is 23.8. The Hall–Kier alpha value is 0.234. The number of rotatable bonds is 12. The van der Waals surface area contributed by atoms with Gasteiger partial charge in [-0.05, 0) is 55.0 Å². The molecule has 0 aromatic heterocycles. The first-order chi connectivity index (χ1) is 14.9. The summed E-state index contributed by atoms with van der Waals surface area (Å²) in [6.07, 6.45) is 2.51. The summed E-state index contributed by atoms with van der Waals surface area (Å²) in [5.41, 5.74) is 0. The van der Waals surface area contributed by atoms with Gasteiger partial charge in [0.2, 0.25) is 0 Å². The molecule has 198 valence electrons. The molecule has 1 aliphatic rings. The van der Waals surface area contributed by atoms with Crippen molar-refractivity contribution < 1.29 is 23.8 Å². The highest BCUT2D eigenvalue weighted by Gasteiger charge is 2.46. The van der Waals surface area contributed by atoms with Crippen molar-refractivity contribution in [2.75, 3.05) is 13.2 Å². The smallest absolute Gasteiger partial charge is 0.192 e. The Morgan fingerprint density at radius 3 is 1.79 bits per heavy atom. The maximum absolute atomic E-state index is 10.3. The van der Waals surface area contributed by atoms with E-state index in [4.69, 9.17) is 13.6 Å². The molecule has 0 amide bonds. The second-order valence-electron chi connectivity index (χ2n) is 13.2. The van der Waals surface area contributed by atoms with Gasteiger partial charge in [-0.1, -0.05) is 61.8 Å². The number of aliphatic hydroxyl groups excluding tert-OH is 2. The number of aliphatic hydroxyl groups is 2. The van der Waals surface area contributed by atoms with Gasteiger partial charge in [0.25, 0.3) is 0 Å². The summed E-state index contributed by atoms with van der Waals surface area (Å²) >= 11 is 0. The zero-order valence-corrected chi connectivity index (χ0v) is 25.8. The summed E-state index contributed by atoms with van der Waals surface area (Å²) in [6.45, 7) is 27.6. The van der Waals surface area contributed by atoms with E-state index in [1.54, 1.807) is 0 Å². The maximum Gasteiger partial charge on any atom is 0.192 e. The molecule has 0 aromatic carbocycles. The van der Waals surface area contributed by atoms with Crippen molar-refractivity contribution in [3.63, 3.8) is 0 Å². The Labute approximate surface area is 207 Å². The molecular weight excluding hydrogens is 448 g/mol. The van der Waals surface area contributed by atoms with Crippen LogP contribution in [0, 0.1) is 11.8 Å². The fourth-order valence-electron chi connectivity index (χ4n) is 4.21. The van der Waals surface area contributed by atoms with E-state index in [9.17, 15) is 10.2 Å². The van der Waals surface area contributed by atoms with Crippen LogP contribution in [0.3, 0.4) is 0 Å². The van der Waals surface area contributed by atoms with Crippen molar-refractivity contribution >= 4 is 16.6 Å². The molecule has 1 fully saturated rings. The minimum atomic E-state index is -2.01. The van der Waals surface area contributed by atoms with Gasteiger partial charge in [-0.25, -0.2) is 0 Å². The SMILES string of the molecule is CCC(O)C[C@@H]1O[C@H](C[C@@H](CO[Si](C)(C)C(C)(C)C)O[Si](C)(C)C(C)(C)C)C(CO)[C@H]1CC. The third kappa shape index (κ3) is 8.40. The molecule has 33 heavy (non-hydrogen) atoms. The van der Waals surface area contributed by atoms with Crippen LogP contribution < -0.4 is 0 Å². The van der Waals surface area contributed by atoms with Crippen LogP contribution in [0.1, 0.15) is 81.1 Å². The molecule has 0 bridgehead atoms. The Balaban J connectivity index is 3.11. The lowest BCUT2D eigenvalue weighted by Crippen LogP contribution is -2.49. The van der Waals surface area contributed by atoms with Crippen LogP contribution in [-0.4, -0.2) is 64.5 Å². The Bertz CT molecular complexity index is 582. The molecule has 0 aliphatic carbocycles. The number of hydrogen-bond donors (Lipinski definition) is 2. The van der Waals surface area contributed by atoms with Crippen molar-refractivity contribution in [1.29, 1.82) is 0 Å². The van der Waals surface area contributed by atoms with E-state index in [0.29, 0.717) is 13.0 Å². The van der Waals surface area contributed by atoms with Gasteiger partial charge in [0, 0.05) is 18.9 Å². The Morgan fingerprint density at radius 1 is 0.848 bits per heavy atom. The van der Waals surface area contributed by atoms with Gasteiger partial charge in [-0.15, -0.1) is 0 Å². The molecule has 2 N–H and O–H groups in total. The lowest BCUT2D eigenvalue weighted by atomic mass is 9.82. The first-order valence-electron chi connectivity index (χ1n) is 13.2. The fourth-order valence-corrected chi connectivity index (χ4v) is 6.60. The molecule has 1 rings (SSSR count). The molecule has 0 radical (unpaired) electrons. The predicted octanol–water partition coefficient (Wildman–Crippen LogP) is 6.35. The third-order valence-corrected chi connectivity index (χ3v) is 17.7. The monoisotopic (exact) mass is 504 g/mol. The minimum absolute atomic E-state index is 0.0121. The van der Waals surface area contributed by atoms with Gasteiger partial charge in [0.1, 0.15) is 0 Å². The summed E-state index contributed by atoms with van der Waals surface area (Å²) in [4.78, 5) is 0. The highest BCUT2D eigenvalue weighted by Crippen LogP contribution is 2.42. The number of hydrogen-bond acceptors (Lipinski definition) is 5. The van der Waals surface area contributed by atoms with Crippen LogP contribution in [0.4, 0.5) is 0 Å². The van der Waals surface area contributed by atoms with E-state index < -0.39 is 16.6 Å². The standard InChI is InChI=1S/C26H56O5Si2/c1-13-19(28)15-23-21(14-2)22(17-27)24(30-23)16-20(31-33(11,12)26(6,7)8)18-29-32(9,10)25(3,4)5/h19-24,27-28H,13-18H2,1-12H3/t19?,20-,21+,22?,23-,24+/m0/s1. The van der Waals surface area contributed by atoms with Crippen LogP contribution in [0.5, 0.6) is 0 Å². The van der Waals surface area contributed by atoms with Gasteiger partial charge in [0.05, 0.1) is 31.0 Å². The largest absolute Gasteiger partial charge is 0.414 e. The fraction of sp³-hybridized carbons (Fsp3) is 1.00. The van der Waals surface area contributed by atoms with Gasteiger partial charge in [-0.3, -0.25) is 0 Å². The summed E-state index contributed by atoms with van der Waals surface area (Å²) in [7, 11) is -3.93. The molecule has 1 aliphatic heterocycles. The van der Waals surface area contributed by atoms with E-state index in [1.807, 2.05) is 6.92 Å². The second kappa shape index (κ2) is 12.0. The summed E-state index contributed by atoms with van der Waals surface area (Å²) < 4.78 is 20.1. The Morgan fingerprint density at radius 2 is 1.36 bits per heavy atom. The molecule has 6 atom stereocenters. The molecule has 0 saturated carbocycles. The van der Waals surface area contributed by atoms with Crippen LogP contribution >= 0.6 is 0 Å². The van der Waals surface area contributed by atoms with Crippen molar-refractivity contribution in [3.8, 4) is 0 Å². The van der Waals surface area contributed by atoms with Crippen LogP contribution in [0.25, 0.3) is 0 Å². The van der Waals surface area contributed by atoms with Crippen LogP contribution in [0.15, 0.2) is 0 Å². The van der Waals surface area contributed by atoms with E-state index in [0.717, 1.165) is 19.3 Å². The van der Waals surface area contributed by atoms with Crippen molar-refractivity contribution in [3.05, 3.63) is 0 Å². The van der Waals surface area contributed by atoms with E-state index in [2.05, 4.69) is 74.7 Å². The molecule has 0 spiro atoms. The van der Waals surface area contributed by atoms with E-state index in [1.165, 1.54) is 0 Å². The van der Waals surface area contributed by atoms with Gasteiger partial charge >= 0.3 is 0 Å². The lowest BCUT2D eigenvalue weighted by Gasteiger charge is -2.42. The highest BCUT2D eigenvalue weighted by atomic mass is 28.4. The summed E-state index contributed by atoms with van der Waals surface area (Å²) in [5, 5.41) is 20.8. The quantitative estimate of drug-likeness (QED) is 0.303. The normalized spacial score (nSPS) is 27.1. The average molecular weight is 505 g/mol. The molecule has 0 aromatic rings. The molecule has 1 heterocycles. The van der Waals surface area contributed by atoms with Crippen LogP contribution in [-0.2, 0) is 13.6 Å². The lowest BCUT2D eigenvalue weighted by molar-refractivity contribution is -0.0292. The Kier molecular flexibility index (Phi) is 11.3. The van der Waals surface area contributed by atoms with Gasteiger partial charge in [0.15, 0.2) is 16.6 Å². The molecule has 2 unspecified atom stereocenters. The van der Waals surface area contributed by atoms with E-state index in [-0.39, 0.29) is 52.9 Å². The number of ether oxygens (including phenoxy) is 1. The molecule has 7 heteroatoms. The van der Waals surface area contributed by atoms with Crippen LogP contribution in [0.2, 0.25) is 36.3 Å². The third-order valence-electron chi connectivity index (χ3n) is 8.71. The van der Waals surface area contributed by atoms with Crippen molar-refractivity contribution in [2.24, 2.45) is 11.8 Å². The average Bonchev–Trinajstić information content (AvgIpc) is 2.99. The molecule has 1 saturated heterocycles. The van der Waals surface area contributed by atoms with Gasteiger partial charge in [-0.2, -0.15) is 0 Å². The first-order valence-corrected chi connectivity index (χ1v) is 19.0.